The van der Waals surface area contributed by atoms with E-state index < -0.39 is 28.5 Å². The third-order valence-corrected chi connectivity index (χ3v) is 10.7. The lowest BCUT2D eigenvalue weighted by Crippen LogP contribution is -2.54. The predicted octanol–water partition coefficient (Wildman–Crippen LogP) is 8.01. The zero-order chi connectivity index (χ0) is 34.3. The average molecular weight is 715 g/mol. The van der Waals surface area contributed by atoms with E-state index in [1.807, 2.05) is 51.1 Å². The molecule has 11 heteroatoms. The van der Waals surface area contributed by atoms with Gasteiger partial charge >= 0.3 is 0 Å². The summed E-state index contributed by atoms with van der Waals surface area (Å²) in [5, 5.41) is 4.09. The summed E-state index contributed by atoms with van der Waals surface area (Å²) < 4.78 is 29.6. The maximum absolute atomic E-state index is 14.6. The van der Waals surface area contributed by atoms with Crippen LogP contribution in [0.25, 0.3) is 0 Å². The summed E-state index contributed by atoms with van der Waals surface area (Å²) in [6.45, 7) is 6.83. The number of rotatable bonds is 13. The molecule has 2 atom stereocenters. The maximum atomic E-state index is 14.6. The van der Waals surface area contributed by atoms with Gasteiger partial charge in [0, 0.05) is 24.0 Å². The number of aryl methyl sites for hydroxylation is 2. The second-order valence-electron chi connectivity index (χ2n) is 11.5. The fourth-order valence-corrected chi connectivity index (χ4v) is 7.11. The van der Waals surface area contributed by atoms with Crippen molar-refractivity contribution in [1.82, 2.24) is 10.2 Å². The van der Waals surface area contributed by atoms with Crippen LogP contribution in [0, 0.1) is 13.8 Å². The molecule has 1 N–H and O–H groups in total. The van der Waals surface area contributed by atoms with E-state index in [1.54, 1.807) is 55.5 Å². The van der Waals surface area contributed by atoms with Crippen molar-refractivity contribution in [1.29, 1.82) is 0 Å². The number of nitrogens with one attached hydrogen (secondary N) is 1. The summed E-state index contributed by atoms with van der Waals surface area (Å²) in [6.07, 6.45) is 0.879. The number of hydrogen-bond donors (Lipinski definition) is 1. The van der Waals surface area contributed by atoms with Crippen LogP contribution in [0.1, 0.15) is 42.5 Å². The second kappa shape index (κ2) is 16.0. The highest BCUT2D eigenvalue weighted by Gasteiger charge is 2.35. The van der Waals surface area contributed by atoms with Gasteiger partial charge in [0.05, 0.1) is 20.6 Å². The zero-order valence-electron chi connectivity index (χ0n) is 26.7. The van der Waals surface area contributed by atoms with Gasteiger partial charge in [-0.3, -0.25) is 13.9 Å². The van der Waals surface area contributed by atoms with Crippen LogP contribution in [0.4, 0.5) is 5.69 Å². The number of sulfonamides is 1. The minimum atomic E-state index is -4.24. The molecule has 0 radical (unpaired) electrons. The largest absolute Gasteiger partial charge is 0.352 e. The van der Waals surface area contributed by atoms with Crippen LogP contribution in [-0.4, -0.2) is 43.8 Å². The number of carbonyl (C=O) groups excluding carboxylic acids is 2. The number of amides is 2. The van der Waals surface area contributed by atoms with Gasteiger partial charge in [-0.15, -0.1) is 0 Å². The zero-order valence-corrected chi connectivity index (χ0v) is 29.8. The van der Waals surface area contributed by atoms with E-state index in [9.17, 15) is 18.0 Å². The van der Waals surface area contributed by atoms with E-state index in [0.717, 1.165) is 15.4 Å². The Morgan fingerprint density at radius 3 is 2.13 bits per heavy atom. The topological polar surface area (TPSA) is 86.8 Å². The summed E-state index contributed by atoms with van der Waals surface area (Å²) in [5.74, 6) is -0.937. The smallest absolute Gasteiger partial charge is 0.264 e. The number of halogens is 3. The SMILES string of the molecule is CC[C@H](C)NC(=O)[C@@H](Cc1ccccc1)N(Cc1ccc(Cl)c(Cl)c1)C(=O)CN(c1ccc(Cl)cc1C)S(=O)(=O)c1ccc(C)cc1. The first-order valence-corrected chi connectivity index (χ1v) is 17.8. The molecule has 47 heavy (non-hydrogen) atoms. The molecule has 0 aliphatic carbocycles. The van der Waals surface area contributed by atoms with Gasteiger partial charge < -0.3 is 10.2 Å². The molecule has 4 rings (SSSR count). The lowest BCUT2D eigenvalue weighted by molar-refractivity contribution is -0.140. The highest BCUT2D eigenvalue weighted by molar-refractivity contribution is 7.92. The first kappa shape index (κ1) is 36.3. The van der Waals surface area contributed by atoms with Crippen molar-refractivity contribution >= 4 is 62.3 Å². The molecule has 7 nitrogen and oxygen atoms in total. The van der Waals surface area contributed by atoms with Crippen LogP contribution in [0.15, 0.2) is 95.9 Å². The van der Waals surface area contributed by atoms with Crippen molar-refractivity contribution in [2.45, 2.75) is 64.1 Å². The molecule has 0 spiro atoms. The number of anilines is 1. The highest BCUT2D eigenvalue weighted by atomic mass is 35.5. The Bertz CT molecular complexity index is 1820. The first-order valence-electron chi connectivity index (χ1n) is 15.2. The Balaban J connectivity index is 1.85. The van der Waals surface area contributed by atoms with Crippen LogP contribution < -0.4 is 9.62 Å². The minimum Gasteiger partial charge on any atom is -0.352 e. The Morgan fingerprint density at radius 2 is 1.51 bits per heavy atom. The Hall–Kier alpha value is -3.56. The van der Waals surface area contributed by atoms with Crippen LogP contribution in [-0.2, 0) is 32.6 Å². The van der Waals surface area contributed by atoms with Crippen molar-refractivity contribution in [3.63, 3.8) is 0 Å². The van der Waals surface area contributed by atoms with E-state index >= 15 is 0 Å². The molecule has 0 aromatic heterocycles. The van der Waals surface area contributed by atoms with Crippen molar-refractivity contribution in [3.05, 3.63) is 128 Å². The van der Waals surface area contributed by atoms with Gasteiger partial charge in [0.25, 0.3) is 10.0 Å². The summed E-state index contributed by atoms with van der Waals surface area (Å²) in [4.78, 5) is 30.1. The molecule has 4 aromatic carbocycles. The van der Waals surface area contributed by atoms with Crippen molar-refractivity contribution in [2.75, 3.05) is 10.8 Å². The number of nitrogens with zero attached hydrogens (tertiary/aromatic N) is 2. The van der Waals surface area contributed by atoms with Gasteiger partial charge in [0.1, 0.15) is 12.6 Å². The molecule has 0 bridgehead atoms. The average Bonchev–Trinajstić information content (AvgIpc) is 3.04. The number of benzene rings is 4. The molecule has 0 saturated carbocycles. The third-order valence-electron chi connectivity index (χ3n) is 7.92. The molecule has 0 fully saturated rings. The van der Waals surface area contributed by atoms with Gasteiger partial charge in [-0.05, 0) is 86.3 Å². The highest BCUT2D eigenvalue weighted by Crippen LogP contribution is 2.30. The van der Waals surface area contributed by atoms with E-state index in [2.05, 4.69) is 5.32 Å². The molecule has 0 aliphatic heterocycles. The molecular formula is C36H38Cl3N3O4S. The van der Waals surface area contributed by atoms with Gasteiger partial charge in [-0.25, -0.2) is 8.42 Å². The van der Waals surface area contributed by atoms with Crippen LogP contribution in [0.2, 0.25) is 15.1 Å². The Morgan fingerprint density at radius 1 is 0.830 bits per heavy atom. The molecule has 0 heterocycles. The van der Waals surface area contributed by atoms with Crippen LogP contribution in [0.5, 0.6) is 0 Å². The molecule has 248 valence electrons. The van der Waals surface area contributed by atoms with Gasteiger partial charge in [0.15, 0.2) is 0 Å². The molecule has 0 saturated heterocycles. The lowest BCUT2D eigenvalue weighted by atomic mass is 10.0. The maximum Gasteiger partial charge on any atom is 0.264 e. The summed E-state index contributed by atoms with van der Waals surface area (Å²) in [7, 11) is -4.24. The molecular weight excluding hydrogens is 677 g/mol. The summed E-state index contributed by atoms with van der Waals surface area (Å²) in [6, 6.07) is 24.5. The Kier molecular flexibility index (Phi) is 12.4. The van der Waals surface area contributed by atoms with Crippen molar-refractivity contribution < 1.29 is 18.0 Å². The van der Waals surface area contributed by atoms with Crippen LogP contribution >= 0.6 is 34.8 Å². The van der Waals surface area contributed by atoms with Gasteiger partial charge in [0.2, 0.25) is 11.8 Å². The molecule has 2 amide bonds. The van der Waals surface area contributed by atoms with E-state index in [0.29, 0.717) is 38.3 Å². The van der Waals surface area contributed by atoms with E-state index in [1.165, 1.54) is 17.0 Å². The third kappa shape index (κ3) is 9.29. The number of carbonyl (C=O) groups is 2. The summed E-state index contributed by atoms with van der Waals surface area (Å²) in [5.41, 5.74) is 3.20. The van der Waals surface area contributed by atoms with Crippen molar-refractivity contribution in [2.24, 2.45) is 0 Å². The Labute approximate surface area is 292 Å². The van der Waals surface area contributed by atoms with E-state index in [4.69, 9.17) is 34.8 Å². The minimum absolute atomic E-state index is 0.0247. The van der Waals surface area contributed by atoms with Gasteiger partial charge in [-0.2, -0.15) is 0 Å². The summed E-state index contributed by atoms with van der Waals surface area (Å²) >= 11 is 18.8. The second-order valence-corrected chi connectivity index (χ2v) is 14.7. The first-order chi connectivity index (χ1) is 22.3. The normalized spacial score (nSPS) is 12.7. The fourth-order valence-electron chi connectivity index (χ4n) is 5.08. The van der Waals surface area contributed by atoms with Gasteiger partial charge in [-0.1, -0.05) is 95.8 Å². The molecule has 4 aromatic rings. The van der Waals surface area contributed by atoms with Crippen molar-refractivity contribution in [3.8, 4) is 0 Å². The van der Waals surface area contributed by atoms with E-state index in [-0.39, 0.29) is 29.8 Å². The standard InChI is InChI=1S/C36H38Cl3N3O4S/c1-5-26(4)40-36(44)34(21-27-9-7-6-8-10-27)41(22-28-13-17-31(38)32(39)20-28)35(43)23-42(33-18-14-29(37)19-25(33)3)47(45,46)30-15-11-24(2)12-16-30/h6-20,26,34H,5,21-23H2,1-4H3,(H,40,44)/t26-,34+/m0/s1. The lowest BCUT2D eigenvalue weighted by Gasteiger charge is -2.34. The fraction of sp³-hybridized carbons (Fsp3) is 0.278. The molecule has 0 unspecified atom stereocenters. The monoisotopic (exact) mass is 713 g/mol. The predicted molar refractivity (Wildman–Crippen MR) is 191 cm³/mol. The quantitative estimate of drug-likeness (QED) is 0.152. The van der Waals surface area contributed by atoms with Crippen LogP contribution in [0.3, 0.4) is 0 Å². The number of hydrogen-bond acceptors (Lipinski definition) is 4. The molecule has 0 aliphatic rings.